The van der Waals surface area contributed by atoms with Crippen LogP contribution in [-0.4, -0.2) is 24.5 Å². The van der Waals surface area contributed by atoms with Gasteiger partial charge in [-0.05, 0) is 106 Å². The summed E-state index contributed by atoms with van der Waals surface area (Å²) in [5.74, 6) is 12.2. The van der Waals surface area contributed by atoms with Crippen LogP contribution in [0.2, 0.25) is 0 Å². The number of ketones is 1. The molecule has 0 spiro atoms. The predicted molar refractivity (Wildman–Crippen MR) is 124 cm³/mol. The molecule has 5 aliphatic rings. The summed E-state index contributed by atoms with van der Waals surface area (Å²) >= 11 is 0. The zero-order chi connectivity index (χ0) is 21.8. The van der Waals surface area contributed by atoms with Gasteiger partial charge in [-0.3, -0.25) is 9.35 Å². The Labute approximate surface area is 191 Å². The minimum Gasteiger partial charge on any atom is -0.298 e. The van der Waals surface area contributed by atoms with E-state index in [1.165, 1.54) is 51.4 Å². The molecule has 0 aromatic carbocycles. The molecular formula is C25H36O4S2. The first-order valence-electron chi connectivity index (χ1n) is 12.4. The summed E-state index contributed by atoms with van der Waals surface area (Å²) in [5.41, 5.74) is 0.0117. The van der Waals surface area contributed by atoms with E-state index >= 15 is 0 Å². The second-order valence-corrected chi connectivity index (χ2v) is 14.7. The van der Waals surface area contributed by atoms with E-state index in [9.17, 15) is 13.2 Å². The molecule has 4 nitrogen and oxygen atoms in total. The van der Waals surface area contributed by atoms with Crippen LogP contribution < -0.4 is 0 Å². The zero-order valence-corrected chi connectivity index (χ0v) is 20.2. The van der Waals surface area contributed by atoms with Crippen LogP contribution in [0.4, 0.5) is 0 Å². The molecule has 8 unspecified atom stereocenters. The first kappa shape index (κ1) is 22.3. The Hall–Kier alpha value is -0.510. The van der Waals surface area contributed by atoms with Crippen LogP contribution in [-0.2, 0) is 13.9 Å². The Kier molecular flexibility index (Phi) is 6.02. The van der Waals surface area contributed by atoms with Gasteiger partial charge in [-0.1, -0.05) is 18.8 Å². The van der Waals surface area contributed by atoms with Crippen molar-refractivity contribution in [2.24, 2.45) is 52.8 Å². The molecule has 6 heteroatoms. The quantitative estimate of drug-likeness (QED) is 0.343. The van der Waals surface area contributed by atoms with Crippen molar-refractivity contribution in [3.05, 3.63) is 0 Å². The first-order valence-corrected chi connectivity index (χ1v) is 15.3. The van der Waals surface area contributed by atoms with Crippen LogP contribution in [0.25, 0.3) is 0 Å². The van der Waals surface area contributed by atoms with Gasteiger partial charge in [0.2, 0.25) is 0 Å². The van der Waals surface area contributed by atoms with Crippen molar-refractivity contribution in [3.63, 3.8) is 0 Å². The third kappa shape index (κ3) is 4.49. The summed E-state index contributed by atoms with van der Waals surface area (Å²) in [7, 11) is -3.77. The molecule has 0 aliphatic heterocycles. The highest BCUT2D eigenvalue weighted by atomic mass is 33.1. The Morgan fingerprint density at radius 3 is 2.39 bits per heavy atom. The van der Waals surface area contributed by atoms with Gasteiger partial charge >= 0.3 is 9.15 Å². The zero-order valence-electron chi connectivity index (χ0n) is 18.6. The molecule has 5 fully saturated rings. The van der Waals surface area contributed by atoms with Gasteiger partial charge in [0, 0.05) is 28.5 Å². The van der Waals surface area contributed by atoms with Gasteiger partial charge in [0.15, 0.2) is 0 Å². The van der Waals surface area contributed by atoms with E-state index < -0.39 is 9.15 Å². The summed E-state index contributed by atoms with van der Waals surface area (Å²) in [4.78, 5) is 12.9. The molecule has 0 heterocycles. The number of hydrogen-bond donors (Lipinski definition) is 1. The highest BCUT2D eigenvalue weighted by Crippen LogP contribution is 2.64. The lowest BCUT2D eigenvalue weighted by Gasteiger charge is -2.56. The first-order chi connectivity index (χ1) is 14.7. The number of rotatable bonds is 4. The van der Waals surface area contributed by atoms with E-state index in [-0.39, 0.29) is 22.9 Å². The molecule has 0 bridgehead atoms. The Morgan fingerprint density at radius 1 is 0.935 bits per heavy atom. The molecule has 1 N–H and O–H groups in total. The standard InChI is InChI=1S/C25H36O4S2/c1-25-13-12-20-19-8-6-17(5-4-16-2-3-16)14-18(19)7-9-21(20)22(25)10-11-23(25)24(26)15-30-31(27,28)29/h16-23H,2-3,6-15H2,1H3,(H,27,28,29). The lowest BCUT2D eigenvalue weighted by molar-refractivity contribution is -0.127. The van der Waals surface area contributed by atoms with E-state index in [4.69, 9.17) is 4.55 Å². The summed E-state index contributed by atoms with van der Waals surface area (Å²) in [5, 5.41) is 0. The van der Waals surface area contributed by atoms with Crippen LogP contribution in [0.1, 0.15) is 77.6 Å². The van der Waals surface area contributed by atoms with Crippen molar-refractivity contribution in [1.82, 2.24) is 0 Å². The minimum absolute atomic E-state index is 0.0117. The lowest BCUT2D eigenvalue weighted by Crippen LogP contribution is -2.49. The van der Waals surface area contributed by atoms with Gasteiger partial charge in [-0.15, -0.1) is 0 Å². The van der Waals surface area contributed by atoms with Crippen LogP contribution in [0, 0.1) is 64.6 Å². The molecule has 0 saturated heterocycles. The molecule has 0 aromatic rings. The molecule has 172 valence electrons. The molecule has 5 saturated carbocycles. The SMILES string of the molecule is CC12CCC3C4CCC(C#CC5CC5)CC4CCC3C1CCC2C(=O)CSS(=O)(=O)O. The highest BCUT2D eigenvalue weighted by molar-refractivity contribution is 8.70. The molecule has 0 radical (unpaired) electrons. The third-order valence-corrected chi connectivity index (χ3v) is 11.7. The number of fused-ring (bicyclic) bond motifs is 5. The Bertz CT molecular complexity index is 883. The average molecular weight is 465 g/mol. The topological polar surface area (TPSA) is 71.4 Å². The fourth-order valence-corrected chi connectivity index (χ4v) is 9.47. The molecule has 5 aliphatic carbocycles. The van der Waals surface area contributed by atoms with E-state index in [0.717, 1.165) is 42.9 Å². The van der Waals surface area contributed by atoms with Gasteiger partial charge in [0.05, 0.1) is 5.75 Å². The molecule has 0 aromatic heterocycles. The smallest absolute Gasteiger partial charge is 0.298 e. The average Bonchev–Trinajstić information content (AvgIpc) is 3.49. The van der Waals surface area contributed by atoms with Crippen molar-refractivity contribution in [1.29, 1.82) is 0 Å². The Morgan fingerprint density at radius 2 is 1.65 bits per heavy atom. The summed E-state index contributed by atoms with van der Waals surface area (Å²) < 4.78 is 31.2. The van der Waals surface area contributed by atoms with Crippen molar-refractivity contribution < 1.29 is 17.8 Å². The van der Waals surface area contributed by atoms with Gasteiger partial charge in [0.1, 0.15) is 5.78 Å². The molecule has 31 heavy (non-hydrogen) atoms. The summed E-state index contributed by atoms with van der Waals surface area (Å²) in [6.07, 6.45) is 13.5. The molecule has 0 amide bonds. The molecular weight excluding hydrogens is 428 g/mol. The number of carbonyl (C=O) groups is 1. The van der Waals surface area contributed by atoms with Gasteiger partial charge in [0.25, 0.3) is 0 Å². The van der Waals surface area contributed by atoms with E-state index in [1.54, 1.807) is 0 Å². The minimum atomic E-state index is -4.15. The predicted octanol–water partition coefficient (Wildman–Crippen LogP) is 5.39. The number of carbonyl (C=O) groups excluding carboxylic acids is 1. The Balaban J connectivity index is 1.24. The molecule has 8 atom stereocenters. The van der Waals surface area contributed by atoms with Crippen LogP contribution in [0.5, 0.6) is 0 Å². The summed E-state index contributed by atoms with van der Waals surface area (Å²) in [6, 6.07) is 0. The highest BCUT2D eigenvalue weighted by Gasteiger charge is 2.58. The second kappa shape index (κ2) is 8.37. The number of Topliss-reactive ketones (excluding diaryl/α,β-unsaturated/α-hetero) is 1. The second-order valence-electron chi connectivity index (χ2n) is 11.3. The van der Waals surface area contributed by atoms with Gasteiger partial charge in [-0.25, -0.2) is 0 Å². The van der Waals surface area contributed by atoms with Crippen LogP contribution >= 0.6 is 10.8 Å². The van der Waals surface area contributed by atoms with Crippen LogP contribution in [0.15, 0.2) is 0 Å². The monoisotopic (exact) mass is 464 g/mol. The van der Waals surface area contributed by atoms with Crippen molar-refractivity contribution in [2.45, 2.75) is 77.6 Å². The van der Waals surface area contributed by atoms with Crippen molar-refractivity contribution in [2.75, 3.05) is 5.75 Å². The molecule has 5 rings (SSSR count). The van der Waals surface area contributed by atoms with E-state index in [0.29, 0.717) is 28.5 Å². The fourth-order valence-electron chi connectivity index (χ4n) is 8.21. The number of hydrogen-bond acceptors (Lipinski definition) is 4. The third-order valence-electron chi connectivity index (χ3n) is 9.76. The maximum absolute atomic E-state index is 12.9. The summed E-state index contributed by atoms with van der Waals surface area (Å²) in [6.45, 7) is 2.30. The maximum Gasteiger partial charge on any atom is 0.320 e. The largest absolute Gasteiger partial charge is 0.320 e. The lowest BCUT2D eigenvalue weighted by atomic mass is 9.49. The van der Waals surface area contributed by atoms with Crippen molar-refractivity contribution >= 4 is 25.7 Å². The van der Waals surface area contributed by atoms with Gasteiger partial charge < -0.3 is 0 Å². The van der Waals surface area contributed by atoms with Gasteiger partial charge in [-0.2, -0.15) is 8.42 Å². The van der Waals surface area contributed by atoms with E-state index in [1.807, 2.05) is 0 Å². The normalized spacial score (nSPS) is 44.4. The van der Waals surface area contributed by atoms with Crippen molar-refractivity contribution in [3.8, 4) is 11.8 Å². The fraction of sp³-hybridized carbons (Fsp3) is 0.880. The maximum atomic E-state index is 12.9. The van der Waals surface area contributed by atoms with Crippen LogP contribution in [0.3, 0.4) is 0 Å². The van der Waals surface area contributed by atoms with E-state index in [2.05, 4.69) is 18.8 Å².